The Morgan fingerprint density at radius 1 is 1.30 bits per heavy atom. The molecule has 3 N–H and O–H groups in total. The van der Waals surface area contributed by atoms with Gasteiger partial charge in [0.05, 0.1) is 20.7 Å². The number of H-pyrrole nitrogens is 1. The first-order valence-corrected chi connectivity index (χ1v) is 8.40. The van der Waals surface area contributed by atoms with Crippen LogP contribution in [-0.2, 0) is 0 Å². The van der Waals surface area contributed by atoms with Crippen molar-refractivity contribution >= 4 is 55.0 Å². The molecular weight excluding hydrogens is 372 g/mol. The first-order chi connectivity index (χ1) is 13.0. The number of nitrogens with one attached hydrogen (secondary N) is 2. The number of nitro groups is 1. The third kappa shape index (κ3) is 3.18. The molecule has 2 aromatic carbocycles. The van der Waals surface area contributed by atoms with Crippen LogP contribution in [-0.4, -0.2) is 26.0 Å². The van der Waals surface area contributed by atoms with Crippen molar-refractivity contribution in [2.24, 2.45) is 10.2 Å². The highest BCUT2D eigenvalue weighted by Gasteiger charge is 2.13. The van der Waals surface area contributed by atoms with Gasteiger partial charge in [0.1, 0.15) is 0 Å². The molecule has 4 rings (SSSR count). The van der Waals surface area contributed by atoms with E-state index in [-0.39, 0.29) is 22.4 Å². The van der Waals surface area contributed by atoms with E-state index >= 15 is 0 Å². The van der Waals surface area contributed by atoms with Crippen molar-refractivity contribution in [3.05, 3.63) is 52.6 Å². The summed E-state index contributed by atoms with van der Waals surface area (Å²) in [6.07, 6.45) is 0. The van der Waals surface area contributed by atoms with Gasteiger partial charge in [0.25, 0.3) is 5.69 Å². The number of rotatable bonds is 3. The number of anilines is 1. The second-order valence-electron chi connectivity index (χ2n) is 5.43. The molecule has 0 aliphatic carbocycles. The van der Waals surface area contributed by atoms with Crippen molar-refractivity contribution < 1.29 is 14.8 Å². The molecule has 2 amide bonds. The number of non-ortho nitro benzene ring substituents is 1. The van der Waals surface area contributed by atoms with Crippen molar-refractivity contribution in [3.8, 4) is 5.88 Å². The molecule has 2 heterocycles. The molecule has 11 heteroatoms. The standard InChI is InChI=1S/C16H10N6O4S/c23-14-13(9-3-1-2-4-10(9)17-14)20-21-15(24)19-16-18-11-6-5-8(22(25)26)7-12(11)27-16/h1-7,17,23H,(H,18,19,24). The SMILES string of the molecule is O=C(N=Nc1c(O)[nH]c2ccccc12)Nc1nc2ccc([N+](=O)[O-])cc2s1. The van der Waals surface area contributed by atoms with Crippen LogP contribution >= 0.6 is 11.3 Å². The first-order valence-electron chi connectivity index (χ1n) is 7.58. The second kappa shape index (κ2) is 6.46. The quantitative estimate of drug-likeness (QED) is 0.267. The average molecular weight is 382 g/mol. The van der Waals surface area contributed by atoms with Crippen LogP contribution in [0.5, 0.6) is 5.88 Å². The van der Waals surface area contributed by atoms with Gasteiger partial charge in [-0.05, 0) is 12.1 Å². The van der Waals surface area contributed by atoms with Gasteiger partial charge < -0.3 is 10.1 Å². The fraction of sp³-hybridized carbons (Fsp3) is 0. The van der Waals surface area contributed by atoms with Gasteiger partial charge in [-0.3, -0.25) is 15.4 Å². The van der Waals surface area contributed by atoms with Crippen LogP contribution in [0.4, 0.5) is 21.3 Å². The van der Waals surface area contributed by atoms with Gasteiger partial charge in [-0.15, -0.1) is 5.11 Å². The van der Waals surface area contributed by atoms with E-state index in [1.54, 1.807) is 24.3 Å². The highest BCUT2D eigenvalue weighted by atomic mass is 32.1. The fourth-order valence-corrected chi connectivity index (χ4v) is 3.39. The minimum absolute atomic E-state index is 0.0569. The zero-order valence-electron chi connectivity index (χ0n) is 13.4. The van der Waals surface area contributed by atoms with E-state index in [0.29, 0.717) is 21.1 Å². The Bertz CT molecular complexity index is 1230. The number of thiazole rings is 1. The molecule has 0 unspecified atom stereocenters. The summed E-state index contributed by atoms with van der Waals surface area (Å²) in [4.78, 5) is 29.2. The van der Waals surface area contributed by atoms with E-state index in [4.69, 9.17) is 0 Å². The number of nitrogens with zero attached hydrogens (tertiary/aromatic N) is 4. The minimum atomic E-state index is -0.784. The lowest BCUT2D eigenvalue weighted by atomic mass is 10.2. The Labute approximate surface area is 154 Å². The summed E-state index contributed by atoms with van der Waals surface area (Å²) < 4.78 is 0.561. The number of aromatic nitrogens is 2. The maximum absolute atomic E-state index is 12.0. The molecule has 0 aliphatic heterocycles. The Hall–Kier alpha value is -3.86. The number of urea groups is 1. The molecule has 0 saturated heterocycles. The Kier molecular flexibility index (Phi) is 3.97. The van der Waals surface area contributed by atoms with Crippen LogP contribution in [0.1, 0.15) is 0 Å². The number of para-hydroxylation sites is 1. The summed E-state index contributed by atoms with van der Waals surface area (Å²) in [5, 5.41) is 31.4. The number of carbonyl (C=O) groups is 1. The molecule has 4 aromatic rings. The first kappa shape index (κ1) is 16.6. The summed E-state index contributed by atoms with van der Waals surface area (Å²) in [6, 6.07) is 10.5. The van der Waals surface area contributed by atoms with Gasteiger partial charge in [-0.2, -0.15) is 0 Å². The number of fused-ring (bicyclic) bond motifs is 2. The number of benzene rings is 2. The highest BCUT2D eigenvalue weighted by Crippen LogP contribution is 2.35. The number of azo groups is 1. The third-order valence-corrected chi connectivity index (χ3v) is 4.63. The van der Waals surface area contributed by atoms with Gasteiger partial charge in [-0.1, -0.05) is 34.7 Å². The van der Waals surface area contributed by atoms with E-state index in [9.17, 15) is 20.0 Å². The molecule has 0 saturated carbocycles. The summed E-state index contributed by atoms with van der Waals surface area (Å²) in [5.41, 5.74) is 1.28. The van der Waals surface area contributed by atoms with Crippen molar-refractivity contribution in [1.82, 2.24) is 9.97 Å². The summed E-state index contributed by atoms with van der Waals surface area (Å²) in [6.45, 7) is 0. The molecule has 0 spiro atoms. The van der Waals surface area contributed by atoms with Crippen molar-refractivity contribution in [3.63, 3.8) is 0 Å². The van der Waals surface area contributed by atoms with E-state index < -0.39 is 11.0 Å². The molecule has 0 radical (unpaired) electrons. The number of hydrogen-bond acceptors (Lipinski definition) is 7. The normalized spacial score (nSPS) is 11.4. The second-order valence-corrected chi connectivity index (χ2v) is 6.46. The van der Waals surface area contributed by atoms with Gasteiger partial charge in [0.15, 0.2) is 10.8 Å². The maximum Gasteiger partial charge on any atom is 0.365 e. The maximum atomic E-state index is 12.0. The number of carbonyl (C=O) groups excluding carboxylic acids is 1. The number of amides is 2. The van der Waals surface area contributed by atoms with Crippen LogP contribution in [0.15, 0.2) is 52.7 Å². The highest BCUT2D eigenvalue weighted by molar-refractivity contribution is 7.22. The number of aromatic amines is 1. The van der Waals surface area contributed by atoms with Crippen LogP contribution in [0.3, 0.4) is 0 Å². The molecule has 10 nitrogen and oxygen atoms in total. The molecule has 2 aromatic heterocycles. The van der Waals surface area contributed by atoms with Crippen LogP contribution in [0.25, 0.3) is 21.1 Å². The van der Waals surface area contributed by atoms with Crippen molar-refractivity contribution in [1.29, 1.82) is 0 Å². The fourth-order valence-electron chi connectivity index (χ4n) is 2.51. The minimum Gasteiger partial charge on any atom is -0.493 e. The van der Waals surface area contributed by atoms with Crippen LogP contribution in [0.2, 0.25) is 0 Å². The molecular formula is C16H10N6O4S. The summed E-state index contributed by atoms with van der Waals surface area (Å²) in [5.74, 6) is -0.194. The number of hydrogen-bond donors (Lipinski definition) is 3. The van der Waals surface area contributed by atoms with E-state index in [2.05, 4.69) is 25.5 Å². The molecule has 27 heavy (non-hydrogen) atoms. The van der Waals surface area contributed by atoms with Gasteiger partial charge >= 0.3 is 6.03 Å². The zero-order valence-corrected chi connectivity index (χ0v) is 14.2. The lowest BCUT2D eigenvalue weighted by molar-refractivity contribution is -0.384. The van der Waals surface area contributed by atoms with Gasteiger partial charge in [0.2, 0.25) is 5.88 Å². The molecule has 0 bridgehead atoms. The molecule has 0 aliphatic rings. The van der Waals surface area contributed by atoms with Crippen molar-refractivity contribution in [2.75, 3.05) is 5.32 Å². The third-order valence-electron chi connectivity index (χ3n) is 3.70. The van der Waals surface area contributed by atoms with Crippen molar-refractivity contribution in [2.45, 2.75) is 0 Å². The average Bonchev–Trinajstić information content (AvgIpc) is 3.18. The Balaban J connectivity index is 1.55. The van der Waals surface area contributed by atoms with Crippen LogP contribution < -0.4 is 5.32 Å². The predicted octanol–water partition coefficient (Wildman–Crippen LogP) is 4.71. The molecule has 0 fully saturated rings. The number of aromatic hydroxyl groups is 1. The lowest BCUT2D eigenvalue weighted by Gasteiger charge is -1.94. The van der Waals surface area contributed by atoms with E-state index in [1.165, 1.54) is 18.2 Å². The summed E-state index contributed by atoms with van der Waals surface area (Å²) >= 11 is 1.08. The van der Waals surface area contributed by atoms with Gasteiger partial charge in [-0.25, -0.2) is 9.78 Å². The van der Waals surface area contributed by atoms with Crippen LogP contribution in [0, 0.1) is 10.1 Å². The topological polar surface area (TPSA) is 146 Å². The largest absolute Gasteiger partial charge is 0.493 e. The molecule has 134 valence electrons. The Morgan fingerprint density at radius 2 is 2.11 bits per heavy atom. The molecule has 0 atom stereocenters. The monoisotopic (exact) mass is 382 g/mol. The predicted molar refractivity (Wildman–Crippen MR) is 99.8 cm³/mol. The lowest BCUT2D eigenvalue weighted by Crippen LogP contribution is -2.04. The zero-order chi connectivity index (χ0) is 19.0. The number of nitro benzene ring substituents is 1. The summed E-state index contributed by atoms with van der Waals surface area (Å²) in [7, 11) is 0. The van der Waals surface area contributed by atoms with E-state index in [1.807, 2.05) is 0 Å². The van der Waals surface area contributed by atoms with E-state index in [0.717, 1.165) is 11.3 Å². The Morgan fingerprint density at radius 3 is 2.93 bits per heavy atom. The van der Waals surface area contributed by atoms with Gasteiger partial charge in [0, 0.05) is 17.5 Å². The smallest absolute Gasteiger partial charge is 0.365 e.